The van der Waals surface area contributed by atoms with Gasteiger partial charge < -0.3 is 14.2 Å². The Balaban J connectivity index is 2.16. The average molecular weight is 418 g/mol. The van der Waals surface area contributed by atoms with Crippen LogP contribution >= 0.6 is 22.6 Å². The lowest BCUT2D eigenvalue weighted by Gasteiger charge is -2.43. The molecule has 22 heavy (non-hydrogen) atoms. The Morgan fingerprint density at radius 3 is 2.55 bits per heavy atom. The molecule has 3 nitrogen and oxygen atoms in total. The van der Waals surface area contributed by atoms with Gasteiger partial charge in [0.05, 0.1) is 18.8 Å². The molecule has 1 aromatic carbocycles. The summed E-state index contributed by atoms with van der Waals surface area (Å²) in [6.07, 6.45) is 3.08. The number of ether oxygens (including phenoxy) is 3. The highest BCUT2D eigenvalue weighted by Crippen LogP contribution is 2.40. The van der Waals surface area contributed by atoms with Crippen molar-refractivity contribution in [1.29, 1.82) is 0 Å². The fourth-order valence-corrected chi connectivity index (χ4v) is 4.11. The highest BCUT2D eigenvalue weighted by molar-refractivity contribution is 14.1. The second-order valence-corrected chi connectivity index (χ2v) is 7.78. The van der Waals surface area contributed by atoms with Crippen molar-refractivity contribution in [1.82, 2.24) is 0 Å². The molecule has 2 rings (SSSR count). The standard InChI is InChI=1S/C18H27IO3/c1-13(2)11-16-12-18(3,9-10-19)22-17(21-16)14-5-7-15(20-4)8-6-14/h5-8,13,16-17H,9-12H2,1-4H3/t16?,17?,18-/m1/s1. The molecular formula is C18H27IO3. The Labute approximate surface area is 147 Å². The first-order valence-corrected chi connectivity index (χ1v) is 9.51. The number of hydrogen-bond donors (Lipinski definition) is 0. The molecule has 0 bridgehead atoms. The van der Waals surface area contributed by atoms with Gasteiger partial charge in [0.15, 0.2) is 6.29 Å². The van der Waals surface area contributed by atoms with Gasteiger partial charge in [-0.3, -0.25) is 0 Å². The minimum Gasteiger partial charge on any atom is -0.497 e. The lowest BCUT2D eigenvalue weighted by atomic mass is 9.90. The zero-order valence-electron chi connectivity index (χ0n) is 14.0. The van der Waals surface area contributed by atoms with Crippen LogP contribution in [0.1, 0.15) is 51.9 Å². The molecule has 124 valence electrons. The maximum Gasteiger partial charge on any atom is 0.184 e. The highest BCUT2D eigenvalue weighted by atomic mass is 127. The van der Waals surface area contributed by atoms with Crippen molar-refractivity contribution in [3.05, 3.63) is 29.8 Å². The molecule has 1 aliphatic rings. The monoisotopic (exact) mass is 418 g/mol. The Morgan fingerprint density at radius 1 is 1.32 bits per heavy atom. The molecule has 1 aromatic rings. The maximum atomic E-state index is 6.32. The van der Waals surface area contributed by atoms with Crippen molar-refractivity contribution in [2.24, 2.45) is 5.92 Å². The molecule has 0 spiro atoms. The van der Waals surface area contributed by atoms with E-state index in [0.29, 0.717) is 5.92 Å². The molecule has 0 aromatic heterocycles. The number of hydrogen-bond acceptors (Lipinski definition) is 3. The Morgan fingerprint density at radius 2 is 2.00 bits per heavy atom. The smallest absolute Gasteiger partial charge is 0.184 e. The summed E-state index contributed by atoms with van der Waals surface area (Å²) in [6, 6.07) is 7.99. The summed E-state index contributed by atoms with van der Waals surface area (Å²) in [5, 5.41) is 0. The van der Waals surface area contributed by atoms with Gasteiger partial charge in [-0.2, -0.15) is 0 Å². The van der Waals surface area contributed by atoms with Gasteiger partial charge in [0.1, 0.15) is 5.75 Å². The molecule has 1 heterocycles. The van der Waals surface area contributed by atoms with E-state index in [1.54, 1.807) is 7.11 Å². The van der Waals surface area contributed by atoms with Crippen LogP contribution < -0.4 is 4.74 Å². The number of benzene rings is 1. The molecule has 0 aliphatic carbocycles. The zero-order chi connectivity index (χ0) is 16.2. The Bertz CT molecular complexity index is 460. The van der Waals surface area contributed by atoms with Crippen LogP contribution in [0.3, 0.4) is 0 Å². The normalized spacial score (nSPS) is 28.8. The fourth-order valence-electron chi connectivity index (χ4n) is 2.97. The van der Waals surface area contributed by atoms with Crippen molar-refractivity contribution >= 4 is 22.6 Å². The van der Waals surface area contributed by atoms with Gasteiger partial charge in [-0.25, -0.2) is 0 Å². The van der Waals surface area contributed by atoms with E-state index in [1.807, 2.05) is 24.3 Å². The van der Waals surface area contributed by atoms with Gasteiger partial charge in [-0.05, 0) is 37.8 Å². The zero-order valence-corrected chi connectivity index (χ0v) is 16.1. The predicted octanol–water partition coefficient (Wildman–Crippen LogP) is 5.13. The summed E-state index contributed by atoms with van der Waals surface area (Å²) in [5.74, 6) is 1.48. The SMILES string of the molecule is COc1ccc(C2OC(CC(C)C)C[C@@](C)(CCI)O2)cc1. The van der Waals surface area contributed by atoms with E-state index >= 15 is 0 Å². The minimum atomic E-state index is -0.281. The van der Waals surface area contributed by atoms with Crippen LogP contribution in [0, 0.1) is 5.92 Å². The molecule has 0 radical (unpaired) electrons. The topological polar surface area (TPSA) is 27.7 Å². The van der Waals surface area contributed by atoms with Crippen LogP contribution in [0.2, 0.25) is 0 Å². The van der Waals surface area contributed by atoms with Crippen LogP contribution in [0.15, 0.2) is 24.3 Å². The van der Waals surface area contributed by atoms with E-state index in [-0.39, 0.29) is 18.0 Å². The molecular weight excluding hydrogens is 391 g/mol. The number of alkyl halides is 1. The molecule has 0 N–H and O–H groups in total. The minimum absolute atomic E-state index is 0.108. The third-order valence-corrected chi connectivity index (χ3v) is 4.65. The Hall–Kier alpha value is -0.330. The molecule has 0 amide bonds. The fraction of sp³-hybridized carbons (Fsp3) is 0.667. The summed E-state index contributed by atoms with van der Waals surface area (Å²) in [7, 11) is 1.68. The molecule has 4 heteroatoms. The molecule has 1 fully saturated rings. The van der Waals surface area contributed by atoms with Gasteiger partial charge in [0, 0.05) is 16.4 Å². The summed E-state index contributed by atoms with van der Waals surface area (Å²) in [6.45, 7) is 6.71. The number of halogens is 1. The lowest BCUT2D eigenvalue weighted by molar-refractivity contribution is -0.285. The van der Waals surface area contributed by atoms with Gasteiger partial charge >= 0.3 is 0 Å². The third-order valence-electron chi connectivity index (χ3n) is 4.11. The van der Waals surface area contributed by atoms with Crippen molar-refractivity contribution in [3.8, 4) is 5.75 Å². The number of rotatable bonds is 6. The van der Waals surface area contributed by atoms with E-state index in [2.05, 4.69) is 43.4 Å². The second kappa shape index (κ2) is 7.97. The average Bonchev–Trinajstić information content (AvgIpc) is 2.46. The van der Waals surface area contributed by atoms with Crippen LogP contribution in [-0.4, -0.2) is 23.2 Å². The second-order valence-electron chi connectivity index (χ2n) is 6.70. The first kappa shape index (κ1) is 18.0. The number of methoxy groups -OCH3 is 1. The van der Waals surface area contributed by atoms with Gasteiger partial charge in [0.2, 0.25) is 0 Å². The molecule has 0 saturated carbocycles. The predicted molar refractivity (Wildman–Crippen MR) is 97.7 cm³/mol. The summed E-state index contributed by atoms with van der Waals surface area (Å²) < 4.78 is 18.9. The van der Waals surface area contributed by atoms with E-state index in [1.165, 1.54) is 0 Å². The summed E-state index contributed by atoms with van der Waals surface area (Å²) in [4.78, 5) is 0. The van der Waals surface area contributed by atoms with Gasteiger partial charge in [-0.1, -0.05) is 48.6 Å². The van der Waals surface area contributed by atoms with E-state index in [4.69, 9.17) is 14.2 Å². The molecule has 3 atom stereocenters. The third kappa shape index (κ3) is 4.83. The quantitative estimate of drug-likeness (QED) is 0.474. The summed E-state index contributed by atoms with van der Waals surface area (Å²) in [5.41, 5.74) is 0.956. The van der Waals surface area contributed by atoms with E-state index in [9.17, 15) is 0 Å². The Kier molecular flexibility index (Phi) is 6.53. The molecule has 2 unspecified atom stereocenters. The van der Waals surface area contributed by atoms with Crippen LogP contribution in [0.4, 0.5) is 0 Å². The van der Waals surface area contributed by atoms with Crippen molar-refractivity contribution in [2.45, 2.75) is 58.0 Å². The van der Waals surface area contributed by atoms with Crippen molar-refractivity contribution in [2.75, 3.05) is 11.5 Å². The molecule has 1 aliphatic heterocycles. The largest absolute Gasteiger partial charge is 0.497 e. The van der Waals surface area contributed by atoms with E-state index in [0.717, 1.165) is 35.0 Å². The van der Waals surface area contributed by atoms with Gasteiger partial charge in [-0.15, -0.1) is 0 Å². The summed E-state index contributed by atoms with van der Waals surface area (Å²) >= 11 is 2.43. The maximum absolute atomic E-state index is 6.32. The van der Waals surface area contributed by atoms with E-state index < -0.39 is 0 Å². The van der Waals surface area contributed by atoms with Crippen molar-refractivity contribution in [3.63, 3.8) is 0 Å². The van der Waals surface area contributed by atoms with Crippen LogP contribution in [0.5, 0.6) is 5.75 Å². The van der Waals surface area contributed by atoms with Crippen LogP contribution in [-0.2, 0) is 9.47 Å². The lowest BCUT2D eigenvalue weighted by Crippen LogP contribution is -2.43. The molecule has 1 saturated heterocycles. The first-order valence-electron chi connectivity index (χ1n) is 7.99. The van der Waals surface area contributed by atoms with Gasteiger partial charge in [0.25, 0.3) is 0 Å². The first-order chi connectivity index (χ1) is 10.5. The highest BCUT2D eigenvalue weighted by Gasteiger charge is 2.39. The van der Waals surface area contributed by atoms with Crippen LogP contribution in [0.25, 0.3) is 0 Å². The van der Waals surface area contributed by atoms with Crippen molar-refractivity contribution < 1.29 is 14.2 Å².